The highest BCUT2D eigenvalue weighted by Crippen LogP contribution is 2.31. The van der Waals surface area contributed by atoms with Crippen LogP contribution in [0.3, 0.4) is 0 Å². The lowest BCUT2D eigenvalue weighted by atomic mass is 10.1. The Morgan fingerprint density at radius 2 is 1.61 bits per heavy atom. The number of hydrogen-bond donors (Lipinski definition) is 1. The number of H-pyrrole nitrogens is 1. The highest BCUT2D eigenvalue weighted by atomic mass is 32.2. The van der Waals surface area contributed by atoms with Gasteiger partial charge in [0, 0.05) is 10.8 Å². The topological polar surface area (TPSA) is 54.5 Å². The van der Waals surface area contributed by atoms with E-state index in [9.17, 15) is 0 Å². The number of rotatable bonds is 3. The van der Waals surface area contributed by atoms with Gasteiger partial charge in [-0.3, -0.25) is 0 Å². The first-order valence-electron chi connectivity index (χ1n) is 7.31. The highest BCUT2D eigenvalue weighted by molar-refractivity contribution is 7.99. The molecule has 0 bridgehead atoms. The van der Waals surface area contributed by atoms with Crippen molar-refractivity contribution in [1.82, 2.24) is 20.2 Å². The van der Waals surface area contributed by atoms with Crippen LogP contribution in [0.2, 0.25) is 0 Å². The third kappa shape index (κ3) is 2.71. The molecule has 0 saturated carbocycles. The molecule has 0 unspecified atom stereocenters. The fourth-order valence-corrected chi connectivity index (χ4v) is 3.32. The molecule has 0 spiro atoms. The average molecular weight is 318 g/mol. The lowest BCUT2D eigenvalue weighted by Gasteiger charge is -2.04. The number of aromatic nitrogens is 4. The summed E-state index contributed by atoms with van der Waals surface area (Å²) in [5.74, 6) is 0. The zero-order valence-corrected chi connectivity index (χ0v) is 13.3. The molecule has 2 aromatic carbocycles. The van der Waals surface area contributed by atoms with Gasteiger partial charge in [0.2, 0.25) is 0 Å². The van der Waals surface area contributed by atoms with E-state index in [1.807, 2.05) is 43.5 Å². The number of aryl methyl sites for hydroxylation is 1. The van der Waals surface area contributed by atoms with Gasteiger partial charge in [-0.2, -0.15) is 5.10 Å². The van der Waals surface area contributed by atoms with Crippen molar-refractivity contribution < 1.29 is 0 Å². The van der Waals surface area contributed by atoms with E-state index >= 15 is 0 Å². The molecule has 112 valence electrons. The van der Waals surface area contributed by atoms with Crippen LogP contribution in [0.25, 0.3) is 22.0 Å². The van der Waals surface area contributed by atoms with Gasteiger partial charge in [-0.1, -0.05) is 54.6 Å². The van der Waals surface area contributed by atoms with Gasteiger partial charge in [0.25, 0.3) is 0 Å². The summed E-state index contributed by atoms with van der Waals surface area (Å²) in [5.41, 5.74) is 3.05. The number of nitrogens with zero attached hydrogens (tertiary/aromatic N) is 3. The van der Waals surface area contributed by atoms with E-state index in [1.165, 1.54) is 11.8 Å². The first-order valence-corrected chi connectivity index (χ1v) is 8.13. The summed E-state index contributed by atoms with van der Waals surface area (Å²) in [7, 11) is 0. The molecule has 0 aliphatic heterocycles. The Kier molecular flexibility index (Phi) is 3.55. The van der Waals surface area contributed by atoms with Crippen molar-refractivity contribution in [3.63, 3.8) is 0 Å². The third-order valence-corrected chi connectivity index (χ3v) is 4.56. The minimum Gasteiger partial charge on any atom is -0.333 e. The van der Waals surface area contributed by atoms with Crippen LogP contribution in [0.4, 0.5) is 0 Å². The van der Waals surface area contributed by atoms with Crippen molar-refractivity contribution in [1.29, 1.82) is 0 Å². The second-order valence-corrected chi connectivity index (χ2v) is 6.18. The molecule has 2 aromatic heterocycles. The Labute approximate surface area is 138 Å². The Morgan fingerprint density at radius 3 is 2.43 bits per heavy atom. The van der Waals surface area contributed by atoms with Gasteiger partial charge in [-0.25, -0.2) is 4.98 Å². The fourth-order valence-electron chi connectivity index (χ4n) is 2.50. The molecule has 2 heterocycles. The summed E-state index contributed by atoms with van der Waals surface area (Å²) < 4.78 is 0. The lowest BCUT2D eigenvalue weighted by Crippen LogP contribution is -1.92. The summed E-state index contributed by atoms with van der Waals surface area (Å²) in [5, 5.41) is 12.5. The molecule has 23 heavy (non-hydrogen) atoms. The van der Waals surface area contributed by atoms with Crippen LogP contribution in [0.15, 0.2) is 71.0 Å². The monoisotopic (exact) mass is 318 g/mol. The van der Waals surface area contributed by atoms with Crippen LogP contribution in [-0.4, -0.2) is 20.2 Å². The number of imidazole rings is 1. The van der Waals surface area contributed by atoms with Crippen LogP contribution in [-0.2, 0) is 0 Å². The molecule has 5 heteroatoms. The summed E-state index contributed by atoms with van der Waals surface area (Å²) in [6, 6.07) is 18.3. The summed E-state index contributed by atoms with van der Waals surface area (Å²) in [6.07, 6.45) is 1.85. The Balaban J connectivity index is 1.70. The fraction of sp³-hybridized carbons (Fsp3) is 0.0556. The normalized spacial score (nSPS) is 11.0. The molecule has 4 rings (SSSR count). The molecule has 0 amide bonds. The maximum Gasteiger partial charge on any atom is 0.172 e. The molecule has 4 nitrogen and oxygen atoms in total. The van der Waals surface area contributed by atoms with E-state index in [2.05, 4.69) is 44.4 Å². The largest absolute Gasteiger partial charge is 0.333 e. The summed E-state index contributed by atoms with van der Waals surface area (Å²) in [4.78, 5) is 7.80. The van der Waals surface area contributed by atoms with Gasteiger partial charge >= 0.3 is 0 Å². The zero-order valence-electron chi connectivity index (χ0n) is 12.5. The van der Waals surface area contributed by atoms with Crippen molar-refractivity contribution >= 4 is 22.5 Å². The molecular formula is C18H14N4S. The minimum atomic E-state index is 0.812. The second-order valence-electron chi connectivity index (χ2n) is 5.21. The maximum atomic E-state index is 4.46. The van der Waals surface area contributed by atoms with Gasteiger partial charge in [0.15, 0.2) is 5.16 Å². The molecule has 0 radical (unpaired) electrons. The quantitative estimate of drug-likeness (QED) is 0.605. The maximum absolute atomic E-state index is 4.46. The molecular weight excluding hydrogens is 304 g/mol. The van der Waals surface area contributed by atoms with Crippen molar-refractivity contribution in [2.24, 2.45) is 0 Å². The Hall–Kier alpha value is -2.66. The van der Waals surface area contributed by atoms with E-state index in [4.69, 9.17) is 0 Å². The predicted octanol–water partition coefficient (Wildman–Crippen LogP) is 4.48. The van der Waals surface area contributed by atoms with Crippen LogP contribution >= 0.6 is 11.8 Å². The summed E-state index contributed by atoms with van der Waals surface area (Å²) >= 11 is 1.50. The van der Waals surface area contributed by atoms with Crippen molar-refractivity contribution in [2.45, 2.75) is 17.1 Å². The van der Waals surface area contributed by atoms with Gasteiger partial charge in [0.1, 0.15) is 5.03 Å². The van der Waals surface area contributed by atoms with Crippen molar-refractivity contribution in [2.75, 3.05) is 0 Å². The highest BCUT2D eigenvalue weighted by Gasteiger charge is 2.10. The number of aromatic amines is 1. The van der Waals surface area contributed by atoms with E-state index in [0.29, 0.717) is 0 Å². The van der Waals surface area contributed by atoms with E-state index in [1.54, 1.807) is 0 Å². The number of nitrogens with one attached hydrogen (secondary N) is 1. The van der Waals surface area contributed by atoms with E-state index in [-0.39, 0.29) is 0 Å². The van der Waals surface area contributed by atoms with Crippen molar-refractivity contribution in [3.8, 4) is 11.3 Å². The van der Waals surface area contributed by atoms with Gasteiger partial charge in [-0.15, -0.1) is 5.10 Å². The van der Waals surface area contributed by atoms with Crippen LogP contribution in [0.5, 0.6) is 0 Å². The standard InChI is InChI=1S/C18H14N4S/c1-12-14-9-5-6-10-15(14)17(22-21-12)23-18-19-11-16(20-18)13-7-3-2-4-8-13/h2-11H,1H3,(H,19,20). The van der Waals surface area contributed by atoms with Crippen molar-refractivity contribution in [3.05, 3.63) is 66.5 Å². The molecule has 1 N–H and O–H groups in total. The zero-order chi connectivity index (χ0) is 15.6. The van der Waals surface area contributed by atoms with Crippen LogP contribution < -0.4 is 0 Å². The Bertz CT molecular complexity index is 963. The number of fused-ring (bicyclic) bond motifs is 1. The number of benzene rings is 2. The minimum absolute atomic E-state index is 0.812. The van der Waals surface area contributed by atoms with E-state index in [0.717, 1.165) is 37.9 Å². The molecule has 0 aliphatic carbocycles. The first-order chi connectivity index (χ1) is 11.3. The summed E-state index contributed by atoms with van der Waals surface area (Å²) in [6.45, 7) is 1.98. The molecule has 4 aromatic rings. The van der Waals surface area contributed by atoms with Gasteiger partial charge in [-0.05, 0) is 24.2 Å². The van der Waals surface area contributed by atoms with Crippen LogP contribution in [0.1, 0.15) is 5.69 Å². The molecule has 0 aliphatic rings. The molecule has 0 fully saturated rings. The first kappa shape index (κ1) is 14.0. The average Bonchev–Trinajstić information content (AvgIpc) is 3.07. The smallest absolute Gasteiger partial charge is 0.172 e. The third-order valence-electron chi connectivity index (χ3n) is 3.67. The van der Waals surface area contributed by atoms with Gasteiger partial charge in [0.05, 0.1) is 17.6 Å². The van der Waals surface area contributed by atoms with Gasteiger partial charge < -0.3 is 4.98 Å². The Morgan fingerprint density at radius 1 is 0.870 bits per heavy atom. The molecule has 0 saturated heterocycles. The van der Waals surface area contributed by atoms with E-state index < -0.39 is 0 Å². The number of hydrogen-bond acceptors (Lipinski definition) is 4. The SMILES string of the molecule is Cc1nnc(Sc2ncc(-c3ccccc3)[nH]2)c2ccccc12. The lowest BCUT2D eigenvalue weighted by molar-refractivity contribution is 0.918. The predicted molar refractivity (Wildman–Crippen MR) is 92.4 cm³/mol. The molecule has 0 atom stereocenters. The van der Waals surface area contributed by atoms with Crippen LogP contribution in [0, 0.1) is 6.92 Å². The second kappa shape index (κ2) is 5.85.